The zero-order valence-corrected chi connectivity index (χ0v) is 16.1. The van der Waals surface area contributed by atoms with E-state index < -0.39 is 0 Å². The number of benzene rings is 1. The monoisotopic (exact) mass is 369 g/mol. The van der Waals surface area contributed by atoms with Crippen LogP contribution in [-0.4, -0.2) is 60.1 Å². The first-order valence-corrected chi connectivity index (χ1v) is 9.51. The molecule has 1 aliphatic heterocycles. The summed E-state index contributed by atoms with van der Waals surface area (Å²) in [7, 11) is 0. The fraction of sp³-hybridized carbons (Fsp3) is 0.429. The zero-order chi connectivity index (χ0) is 19.1. The number of aromatic nitrogens is 1. The van der Waals surface area contributed by atoms with Crippen LogP contribution in [-0.2, 0) is 6.54 Å². The Morgan fingerprint density at radius 2 is 1.78 bits per heavy atom. The lowest BCUT2D eigenvalue weighted by Gasteiger charge is -2.34. The first-order chi connectivity index (χ1) is 13.2. The van der Waals surface area contributed by atoms with Crippen LogP contribution in [0.1, 0.15) is 29.8 Å². The molecule has 1 fully saturated rings. The van der Waals surface area contributed by atoms with Crippen LogP contribution in [0.3, 0.4) is 0 Å². The van der Waals surface area contributed by atoms with Crippen LogP contribution in [0.25, 0.3) is 0 Å². The van der Waals surface area contributed by atoms with E-state index in [9.17, 15) is 4.79 Å². The van der Waals surface area contributed by atoms with Crippen LogP contribution >= 0.6 is 0 Å². The molecule has 3 rings (SSSR count). The zero-order valence-electron chi connectivity index (χ0n) is 16.1. The molecule has 0 N–H and O–H groups in total. The van der Waals surface area contributed by atoms with Crippen LogP contribution < -0.4 is 9.47 Å². The molecule has 0 bridgehead atoms. The molecule has 1 aromatic carbocycles. The van der Waals surface area contributed by atoms with Crippen LogP contribution in [0.5, 0.6) is 11.5 Å². The predicted octanol–water partition coefficient (Wildman–Crippen LogP) is 2.84. The summed E-state index contributed by atoms with van der Waals surface area (Å²) in [6, 6.07) is 9.47. The van der Waals surface area contributed by atoms with Gasteiger partial charge in [-0.05, 0) is 43.7 Å². The average molecular weight is 369 g/mol. The molecule has 6 nitrogen and oxygen atoms in total. The van der Waals surface area contributed by atoms with E-state index in [1.54, 1.807) is 12.3 Å². The first kappa shape index (κ1) is 19.2. The van der Waals surface area contributed by atoms with Crippen molar-refractivity contribution < 1.29 is 14.3 Å². The van der Waals surface area contributed by atoms with Gasteiger partial charge in [0.1, 0.15) is 0 Å². The number of hydrogen-bond donors (Lipinski definition) is 0. The summed E-state index contributed by atoms with van der Waals surface area (Å²) in [5.74, 6) is 1.35. The van der Waals surface area contributed by atoms with E-state index in [-0.39, 0.29) is 5.91 Å². The molecule has 1 saturated heterocycles. The number of pyridine rings is 1. The first-order valence-electron chi connectivity index (χ1n) is 9.51. The lowest BCUT2D eigenvalue weighted by atomic mass is 10.1. The SMILES string of the molecule is CCOc1ccc(C(=O)N2CCN(Cc3cccnc3)CC2)cc1OCC. The minimum absolute atomic E-state index is 0.0417. The Hall–Kier alpha value is -2.60. The second kappa shape index (κ2) is 9.37. The Morgan fingerprint density at radius 1 is 1.04 bits per heavy atom. The molecule has 0 spiro atoms. The number of hydrogen-bond acceptors (Lipinski definition) is 5. The molecular formula is C21H27N3O3. The molecule has 1 aliphatic rings. The predicted molar refractivity (Wildman–Crippen MR) is 104 cm³/mol. The van der Waals surface area contributed by atoms with Gasteiger partial charge in [0.05, 0.1) is 13.2 Å². The minimum atomic E-state index is 0.0417. The number of ether oxygens (including phenoxy) is 2. The van der Waals surface area contributed by atoms with E-state index in [1.807, 2.05) is 43.1 Å². The third-order valence-electron chi connectivity index (χ3n) is 4.58. The van der Waals surface area contributed by atoms with Gasteiger partial charge in [-0.25, -0.2) is 0 Å². The van der Waals surface area contributed by atoms with Gasteiger partial charge in [-0.1, -0.05) is 6.07 Å². The van der Waals surface area contributed by atoms with E-state index in [0.29, 0.717) is 30.3 Å². The number of amides is 1. The second-order valence-corrected chi connectivity index (χ2v) is 6.46. The maximum atomic E-state index is 12.9. The van der Waals surface area contributed by atoms with Crippen LogP contribution in [0.15, 0.2) is 42.7 Å². The Bertz CT molecular complexity index is 744. The van der Waals surface area contributed by atoms with E-state index in [4.69, 9.17) is 9.47 Å². The highest BCUT2D eigenvalue weighted by atomic mass is 16.5. The number of carbonyl (C=O) groups excluding carboxylic acids is 1. The Labute approximate surface area is 160 Å². The number of rotatable bonds is 7. The van der Waals surface area contributed by atoms with E-state index in [1.165, 1.54) is 5.56 Å². The normalized spacial score (nSPS) is 14.8. The molecule has 0 saturated carbocycles. The molecule has 0 unspecified atom stereocenters. The van der Waals surface area contributed by atoms with E-state index in [2.05, 4.69) is 16.0 Å². The van der Waals surface area contributed by atoms with Crippen molar-refractivity contribution >= 4 is 5.91 Å². The third kappa shape index (κ3) is 4.98. The molecule has 1 aromatic heterocycles. The van der Waals surface area contributed by atoms with E-state index in [0.717, 1.165) is 32.7 Å². The summed E-state index contributed by atoms with van der Waals surface area (Å²) in [6.07, 6.45) is 3.68. The van der Waals surface area contributed by atoms with Gasteiger partial charge in [-0.15, -0.1) is 0 Å². The van der Waals surface area contributed by atoms with Crippen LogP contribution in [0.4, 0.5) is 0 Å². The quantitative estimate of drug-likeness (QED) is 0.751. The van der Waals surface area contributed by atoms with Crippen LogP contribution in [0, 0.1) is 0 Å². The fourth-order valence-electron chi connectivity index (χ4n) is 3.23. The summed E-state index contributed by atoms with van der Waals surface area (Å²) < 4.78 is 11.2. The topological polar surface area (TPSA) is 54.9 Å². The summed E-state index contributed by atoms with van der Waals surface area (Å²) in [4.78, 5) is 21.3. The maximum absolute atomic E-state index is 12.9. The summed E-state index contributed by atoms with van der Waals surface area (Å²) in [6.45, 7) is 8.97. The van der Waals surface area contributed by atoms with Crippen molar-refractivity contribution in [1.29, 1.82) is 0 Å². The van der Waals surface area contributed by atoms with E-state index >= 15 is 0 Å². The van der Waals surface area contributed by atoms with Crippen molar-refractivity contribution in [3.8, 4) is 11.5 Å². The molecule has 0 atom stereocenters. The Balaban J connectivity index is 1.61. The highest BCUT2D eigenvalue weighted by molar-refractivity contribution is 5.95. The molecule has 0 radical (unpaired) electrons. The molecular weight excluding hydrogens is 342 g/mol. The minimum Gasteiger partial charge on any atom is -0.490 e. The molecule has 27 heavy (non-hydrogen) atoms. The summed E-state index contributed by atoms with van der Waals surface area (Å²) >= 11 is 0. The van der Waals surface area contributed by atoms with Crippen LogP contribution in [0.2, 0.25) is 0 Å². The molecule has 6 heteroatoms. The fourth-order valence-corrected chi connectivity index (χ4v) is 3.23. The third-order valence-corrected chi connectivity index (χ3v) is 4.58. The standard InChI is InChI=1S/C21H27N3O3/c1-3-26-19-8-7-18(14-20(19)27-4-2)21(25)24-12-10-23(11-13-24)16-17-6-5-9-22-15-17/h5-9,14-15H,3-4,10-13,16H2,1-2H3. The van der Waals surface area contributed by atoms with Gasteiger partial charge in [-0.2, -0.15) is 0 Å². The highest BCUT2D eigenvalue weighted by Crippen LogP contribution is 2.29. The molecule has 0 aliphatic carbocycles. The second-order valence-electron chi connectivity index (χ2n) is 6.46. The van der Waals surface area contributed by atoms with Gasteiger partial charge in [0.2, 0.25) is 0 Å². The van der Waals surface area contributed by atoms with Crippen molar-refractivity contribution in [2.75, 3.05) is 39.4 Å². The average Bonchev–Trinajstić information content (AvgIpc) is 2.70. The molecule has 2 aromatic rings. The number of carbonyl (C=O) groups is 1. The number of piperazine rings is 1. The van der Waals surface area contributed by atoms with Gasteiger partial charge in [0.15, 0.2) is 11.5 Å². The van der Waals surface area contributed by atoms with Gasteiger partial charge in [0, 0.05) is 50.7 Å². The van der Waals surface area contributed by atoms with Crippen molar-refractivity contribution in [2.24, 2.45) is 0 Å². The van der Waals surface area contributed by atoms with Crippen molar-refractivity contribution in [3.05, 3.63) is 53.9 Å². The molecule has 1 amide bonds. The molecule has 2 heterocycles. The summed E-state index contributed by atoms with van der Waals surface area (Å²) in [5.41, 5.74) is 1.84. The highest BCUT2D eigenvalue weighted by Gasteiger charge is 2.23. The Kier molecular flexibility index (Phi) is 6.65. The van der Waals surface area contributed by atoms with Gasteiger partial charge >= 0.3 is 0 Å². The van der Waals surface area contributed by atoms with Crippen molar-refractivity contribution in [3.63, 3.8) is 0 Å². The molecule has 144 valence electrons. The maximum Gasteiger partial charge on any atom is 0.254 e. The van der Waals surface area contributed by atoms with Crippen molar-refractivity contribution in [2.45, 2.75) is 20.4 Å². The smallest absolute Gasteiger partial charge is 0.254 e. The lowest BCUT2D eigenvalue weighted by Crippen LogP contribution is -2.48. The largest absolute Gasteiger partial charge is 0.490 e. The number of nitrogens with zero attached hydrogens (tertiary/aromatic N) is 3. The van der Waals surface area contributed by atoms with Gasteiger partial charge < -0.3 is 14.4 Å². The van der Waals surface area contributed by atoms with Gasteiger partial charge in [-0.3, -0.25) is 14.7 Å². The summed E-state index contributed by atoms with van der Waals surface area (Å²) in [5, 5.41) is 0. The lowest BCUT2D eigenvalue weighted by molar-refractivity contribution is 0.0628. The van der Waals surface area contributed by atoms with Crippen molar-refractivity contribution in [1.82, 2.24) is 14.8 Å². The van der Waals surface area contributed by atoms with Gasteiger partial charge in [0.25, 0.3) is 5.91 Å². The Morgan fingerprint density at radius 3 is 2.44 bits per heavy atom.